The molecule has 4 rings (SSSR count). The van der Waals surface area contributed by atoms with E-state index in [0.717, 1.165) is 16.9 Å². The number of hydrogen-bond acceptors (Lipinski definition) is 3. The van der Waals surface area contributed by atoms with E-state index in [1.54, 1.807) is 12.1 Å². The molecule has 0 aliphatic rings. The molecule has 6 heteroatoms. The predicted octanol–water partition coefficient (Wildman–Crippen LogP) is 4.87. The van der Waals surface area contributed by atoms with Crippen molar-refractivity contribution in [2.75, 3.05) is 7.11 Å². The van der Waals surface area contributed by atoms with E-state index in [0.29, 0.717) is 11.5 Å². The van der Waals surface area contributed by atoms with Crippen LogP contribution in [0, 0.1) is 11.6 Å². The molecule has 0 aliphatic carbocycles. The van der Waals surface area contributed by atoms with E-state index >= 15 is 0 Å². The number of ether oxygens (including phenoxy) is 2. The van der Waals surface area contributed by atoms with Crippen molar-refractivity contribution in [2.24, 2.45) is 0 Å². The molecule has 0 atom stereocenters. The van der Waals surface area contributed by atoms with E-state index in [9.17, 15) is 8.78 Å². The van der Waals surface area contributed by atoms with Crippen LogP contribution in [-0.4, -0.2) is 16.5 Å². The normalized spacial score (nSPS) is 10.9. The molecule has 0 spiro atoms. The zero-order valence-electron chi connectivity index (χ0n) is 14.5. The number of benzene rings is 2. The van der Waals surface area contributed by atoms with Crippen molar-refractivity contribution >= 4 is 5.65 Å². The number of pyridine rings is 1. The van der Waals surface area contributed by atoms with Crippen LogP contribution in [0.25, 0.3) is 16.9 Å². The maximum atomic E-state index is 13.8. The predicted molar refractivity (Wildman–Crippen MR) is 97.9 cm³/mol. The van der Waals surface area contributed by atoms with E-state index in [-0.39, 0.29) is 12.2 Å². The van der Waals surface area contributed by atoms with Gasteiger partial charge in [-0.15, -0.1) is 0 Å². The summed E-state index contributed by atoms with van der Waals surface area (Å²) < 4.78 is 40.4. The number of fused-ring (bicyclic) bond motifs is 1. The minimum atomic E-state index is -0.643. The molecule has 0 N–H and O–H groups in total. The highest BCUT2D eigenvalue weighted by Gasteiger charge is 2.13. The fourth-order valence-electron chi connectivity index (χ4n) is 2.84. The molecule has 0 fully saturated rings. The van der Waals surface area contributed by atoms with Gasteiger partial charge in [0.05, 0.1) is 18.4 Å². The van der Waals surface area contributed by atoms with Crippen LogP contribution in [-0.2, 0) is 6.61 Å². The zero-order chi connectivity index (χ0) is 18.8. The first-order valence-electron chi connectivity index (χ1n) is 8.33. The molecular formula is C21H16F2N2O2. The molecule has 0 radical (unpaired) electrons. The summed E-state index contributed by atoms with van der Waals surface area (Å²) in [5.41, 5.74) is 2.34. The largest absolute Gasteiger partial charge is 0.493 e. The molecule has 0 bridgehead atoms. The average molecular weight is 366 g/mol. The second-order valence-electron chi connectivity index (χ2n) is 5.95. The van der Waals surface area contributed by atoms with Gasteiger partial charge in [-0.2, -0.15) is 0 Å². The summed E-state index contributed by atoms with van der Waals surface area (Å²) in [6.45, 7) is -0.234. The Morgan fingerprint density at radius 2 is 1.78 bits per heavy atom. The minimum absolute atomic E-state index is 0.121. The number of nitrogens with zero attached hydrogens (tertiary/aromatic N) is 2. The number of aromatic nitrogens is 2. The van der Waals surface area contributed by atoms with Crippen LogP contribution >= 0.6 is 0 Å². The summed E-state index contributed by atoms with van der Waals surface area (Å²) in [4.78, 5) is 4.57. The number of methoxy groups -OCH3 is 1. The van der Waals surface area contributed by atoms with Gasteiger partial charge in [0.1, 0.15) is 23.9 Å². The summed E-state index contributed by atoms with van der Waals surface area (Å²) in [7, 11) is 1.51. The van der Waals surface area contributed by atoms with Gasteiger partial charge in [0.25, 0.3) is 0 Å². The van der Waals surface area contributed by atoms with E-state index < -0.39 is 11.6 Å². The van der Waals surface area contributed by atoms with Crippen LogP contribution in [0.4, 0.5) is 8.78 Å². The third kappa shape index (κ3) is 3.33. The maximum absolute atomic E-state index is 13.8. The van der Waals surface area contributed by atoms with Crippen molar-refractivity contribution in [3.63, 3.8) is 0 Å². The van der Waals surface area contributed by atoms with Crippen LogP contribution in [0.3, 0.4) is 0 Å². The fourth-order valence-corrected chi connectivity index (χ4v) is 2.84. The molecule has 0 aliphatic heterocycles. The van der Waals surface area contributed by atoms with E-state index in [2.05, 4.69) is 4.98 Å². The number of halogens is 2. The molecule has 4 aromatic rings. The van der Waals surface area contributed by atoms with Gasteiger partial charge < -0.3 is 13.9 Å². The molecule has 0 unspecified atom stereocenters. The van der Waals surface area contributed by atoms with Crippen LogP contribution in [0.5, 0.6) is 11.5 Å². The molecular weight excluding hydrogens is 350 g/mol. The third-order valence-corrected chi connectivity index (χ3v) is 4.26. The molecule has 0 saturated carbocycles. The van der Waals surface area contributed by atoms with Crippen LogP contribution in [0.1, 0.15) is 5.56 Å². The number of rotatable bonds is 5. The summed E-state index contributed by atoms with van der Waals surface area (Å²) in [5.74, 6) is -0.431. The van der Waals surface area contributed by atoms with Crippen LogP contribution < -0.4 is 9.47 Å². The summed E-state index contributed by atoms with van der Waals surface area (Å²) >= 11 is 0. The second-order valence-corrected chi connectivity index (χ2v) is 5.95. The van der Waals surface area contributed by atoms with Crippen molar-refractivity contribution in [1.29, 1.82) is 0 Å². The third-order valence-electron chi connectivity index (χ3n) is 4.26. The standard InChI is InChI=1S/C21H16F2N2O2/c1-26-20-11-14(18-12-25-10-3-2-7-21(25)24-18)8-9-19(20)27-13-15-16(22)5-4-6-17(15)23/h2-12H,13H2,1H3. The molecule has 4 nitrogen and oxygen atoms in total. The molecule has 0 amide bonds. The molecule has 2 aromatic heterocycles. The Labute approximate surface area is 154 Å². The molecule has 0 saturated heterocycles. The van der Waals surface area contributed by atoms with Gasteiger partial charge >= 0.3 is 0 Å². The SMILES string of the molecule is COc1cc(-c2cn3ccccc3n2)ccc1OCc1c(F)cccc1F. The monoisotopic (exact) mass is 366 g/mol. The van der Waals surface area contributed by atoms with Gasteiger partial charge in [-0.3, -0.25) is 0 Å². The van der Waals surface area contributed by atoms with Crippen molar-refractivity contribution in [3.05, 3.63) is 84.2 Å². The Balaban J connectivity index is 1.61. The Kier molecular flexibility index (Phi) is 4.46. The first kappa shape index (κ1) is 17.0. The first-order chi connectivity index (χ1) is 13.2. The van der Waals surface area contributed by atoms with Gasteiger partial charge in [-0.25, -0.2) is 13.8 Å². The first-order valence-corrected chi connectivity index (χ1v) is 8.33. The lowest BCUT2D eigenvalue weighted by molar-refractivity contribution is 0.274. The minimum Gasteiger partial charge on any atom is -0.493 e. The van der Waals surface area contributed by atoms with Crippen molar-refractivity contribution in [2.45, 2.75) is 6.61 Å². The van der Waals surface area contributed by atoms with Gasteiger partial charge in [0, 0.05) is 18.0 Å². The van der Waals surface area contributed by atoms with Gasteiger partial charge in [-0.1, -0.05) is 12.1 Å². The lowest BCUT2D eigenvalue weighted by Gasteiger charge is -2.12. The van der Waals surface area contributed by atoms with Gasteiger partial charge in [-0.05, 0) is 42.5 Å². The smallest absolute Gasteiger partial charge is 0.161 e. The number of hydrogen-bond donors (Lipinski definition) is 0. The average Bonchev–Trinajstić information content (AvgIpc) is 3.12. The number of imidazole rings is 1. The summed E-state index contributed by atoms with van der Waals surface area (Å²) in [6.07, 6.45) is 3.84. The Hall–Kier alpha value is -3.41. The second kappa shape index (κ2) is 7.07. The van der Waals surface area contributed by atoms with E-state index in [1.165, 1.54) is 25.3 Å². The molecule has 136 valence electrons. The quantitative estimate of drug-likeness (QED) is 0.506. The maximum Gasteiger partial charge on any atom is 0.161 e. The molecule has 27 heavy (non-hydrogen) atoms. The lowest BCUT2D eigenvalue weighted by atomic mass is 10.1. The summed E-state index contributed by atoms with van der Waals surface area (Å²) in [5, 5.41) is 0. The van der Waals surface area contributed by atoms with Crippen LogP contribution in [0.15, 0.2) is 67.0 Å². The van der Waals surface area contributed by atoms with E-state index in [4.69, 9.17) is 9.47 Å². The lowest BCUT2D eigenvalue weighted by Crippen LogP contribution is -2.03. The van der Waals surface area contributed by atoms with Crippen molar-refractivity contribution in [3.8, 4) is 22.8 Å². The molecule has 2 heterocycles. The topological polar surface area (TPSA) is 35.8 Å². The fraction of sp³-hybridized carbons (Fsp3) is 0.0952. The van der Waals surface area contributed by atoms with Crippen molar-refractivity contribution < 1.29 is 18.3 Å². The van der Waals surface area contributed by atoms with Crippen molar-refractivity contribution in [1.82, 2.24) is 9.38 Å². The van der Waals surface area contributed by atoms with Gasteiger partial charge in [0.15, 0.2) is 11.5 Å². The zero-order valence-corrected chi connectivity index (χ0v) is 14.5. The Bertz CT molecular complexity index is 1060. The highest BCUT2D eigenvalue weighted by atomic mass is 19.1. The highest BCUT2D eigenvalue weighted by molar-refractivity contribution is 5.66. The molecule has 2 aromatic carbocycles. The van der Waals surface area contributed by atoms with Crippen LogP contribution in [0.2, 0.25) is 0 Å². The van der Waals surface area contributed by atoms with E-state index in [1.807, 2.05) is 41.1 Å². The Morgan fingerprint density at radius 3 is 2.52 bits per heavy atom. The van der Waals surface area contributed by atoms with Gasteiger partial charge in [0.2, 0.25) is 0 Å². The highest BCUT2D eigenvalue weighted by Crippen LogP contribution is 2.33. The summed E-state index contributed by atoms with van der Waals surface area (Å²) in [6, 6.07) is 14.8. The Morgan fingerprint density at radius 1 is 0.963 bits per heavy atom.